The summed E-state index contributed by atoms with van der Waals surface area (Å²) < 4.78 is 0. The van der Waals surface area contributed by atoms with E-state index in [1.54, 1.807) is 0 Å². The maximum Gasteiger partial charge on any atom is 0.314 e. The fourth-order valence-corrected chi connectivity index (χ4v) is 1.90. The molecule has 0 aromatic heterocycles. The van der Waals surface area contributed by atoms with E-state index in [2.05, 4.69) is 45.3 Å². The lowest BCUT2D eigenvalue weighted by molar-refractivity contribution is -0.137. The molecule has 0 bridgehead atoms. The molecule has 0 aliphatic heterocycles. The molecule has 0 aliphatic carbocycles. The SMILES string of the molecule is CC(C)C(CCNC(=O)NCC(C)(C)C)CCC(=O)O. The average Bonchev–Trinajstić information content (AvgIpc) is 2.29. The minimum absolute atomic E-state index is 0.0687. The minimum Gasteiger partial charge on any atom is -0.481 e. The molecular weight excluding hydrogens is 256 g/mol. The molecule has 1 atom stereocenters. The molecule has 118 valence electrons. The van der Waals surface area contributed by atoms with E-state index in [-0.39, 0.29) is 17.9 Å². The number of hydrogen-bond donors (Lipinski definition) is 3. The van der Waals surface area contributed by atoms with Crippen molar-refractivity contribution in [3.05, 3.63) is 0 Å². The molecule has 1 unspecified atom stereocenters. The van der Waals surface area contributed by atoms with Gasteiger partial charge in [-0.3, -0.25) is 4.79 Å². The summed E-state index contributed by atoms with van der Waals surface area (Å²) in [6.45, 7) is 11.6. The molecule has 5 nitrogen and oxygen atoms in total. The van der Waals surface area contributed by atoms with Crippen LogP contribution in [0.1, 0.15) is 53.9 Å². The zero-order chi connectivity index (χ0) is 15.8. The lowest BCUT2D eigenvalue weighted by Gasteiger charge is -2.21. The van der Waals surface area contributed by atoms with Gasteiger partial charge in [-0.25, -0.2) is 4.79 Å². The van der Waals surface area contributed by atoms with Crippen molar-refractivity contribution >= 4 is 12.0 Å². The highest BCUT2D eigenvalue weighted by Crippen LogP contribution is 2.20. The molecule has 5 heteroatoms. The van der Waals surface area contributed by atoms with Crippen LogP contribution in [0.4, 0.5) is 4.79 Å². The largest absolute Gasteiger partial charge is 0.481 e. The minimum atomic E-state index is -0.758. The summed E-state index contributed by atoms with van der Waals surface area (Å²) >= 11 is 0. The third-order valence-corrected chi connectivity index (χ3v) is 3.25. The Balaban J connectivity index is 3.93. The first-order valence-electron chi connectivity index (χ1n) is 7.35. The van der Waals surface area contributed by atoms with Gasteiger partial charge in [0.2, 0.25) is 0 Å². The van der Waals surface area contributed by atoms with Gasteiger partial charge < -0.3 is 15.7 Å². The first-order valence-corrected chi connectivity index (χ1v) is 7.35. The van der Waals surface area contributed by atoms with E-state index >= 15 is 0 Å². The second kappa shape index (κ2) is 8.82. The predicted molar refractivity (Wildman–Crippen MR) is 80.7 cm³/mol. The van der Waals surface area contributed by atoms with Crippen LogP contribution in [-0.4, -0.2) is 30.2 Å². The van der Waals surface area contributed by atoms with Crippen molar-refractivity contribution in [1.29, 1.82) is 0 Å². The van der Waals surface area contributed by atoms with Gasteiger partial charge in [0.05, 0.1) is 0 Å². The van der Waals surface area contributed by atoms with Gasteiger partial charge >= 0.3 is 12.0 Å². The Morgan fingerprint density at radius 3 is 2.15 bits per heavy atom. The van der Waals surface area contributed by atoms with Crippen LogP contribution in [0.3, 0.4) is 0 Å². The fraction of sp³-hybridized carbons (Fsp3) is 0.867. The average molecular weight is 286 g/mol. The van der Waals surface area contributed by atoms with E-state index < -0.39 is 5.97 Å². The number of amides is 2. The summed E-state index contributed by atoms with van der Waals surface area (Å²) in [4.78, 5) is 22.2. The van der Waals surface area contributed by atoms with E-state index in [9.17, 15) is 9.59 Å². The monoisotopic (exact) mass is 286 g/mol. The van der Waals surface area contributed by atoms with Gasteiger partial charge in [0, 0.05) is 19.5 Å². The number of carboxylic acids is 1. The zero-order valence-electron chi connectivity index (χ0n) is 13.5. The molecular formula is C15H30N2O3. The molecule has 3 N–H and O–H groups in total. The third-order valence-electron chi connectivity index (χ3n) is 3.25. The molecule has 0 spiro atoms. The summed E-state index contributed by atoms with van der Waals surface area (Å²) in [5.41, 5.74) is 0.0687. The predicted octanol–water partition coefficient (Wildman–Crippen LogP) is 2.86. The standard InChI is InChI=1S/C15H30N2O3/c1-11(2)12(6-7-13(18)19)8-9-16-14(20)17-10-15(3,4)5/h11-12H,6-10H2,1-5H3,(H,18,19)(H2,16,17,20). The Kier molecular flexibility index (Phi) is 8.26. The van der Waals surface area contributed by atoms with Gasteiger partial charge in [0.15, 0.2) is 0 Å². The second-order valence-corrected chi connectivity index (χ2v) is 6.90. The maximum absolute atomic E-state index is 11.6. The number of urea groups is 1. The Labute approximate surface area is 122 Å². The van der Waals surface area contributed by atoms with Crippen LogP contribution in [0.5, 0.6) is 0 Å². The number of nitrogens with one attached hydrogen (secondary N) is 2. The molecule has 0 aliphatic rings. The van der Waals surface area contributed by atoms with Gasteiger partial charge in [-0.05, 0) is 30.1 Å². The first kappa shape index (κ1) is 18.7. The van der Waals surface area contributed by atoms with Crippen LogP contribution < -0.4 is 10.6 Å². The molecule has 0 aromatic carbocycles. The van der Waals surface area contributed by atoms with Crippen LogP contribution in [0, 0.1) is 17.3 Å². The van der Waals surface area contributed by atoms with Crippen molar-refractivity contribution in [2.24, 2.45) is 17.3 Å². The molecule has 20 heavy (non-hydrogen) atoms. The highest BCUT2D eigenvalue weighted by molar-refractivity contribution is 5.73. The van der Waals surface area contributed by atoms with Gasteiger partial charge in [-0.2, -0.15) is 0 Å². The highest BCUT2D eigenvalue weighted by atomic mass is 16.4. The van der Waals surface area contributed by atoms with E-state index in [0.29, 0.717) is 31.3 Å². The van der Waals surface area contributed by atoms with Crippen LogP contribution in [-0.2, 0) is 4.79 Å². The van der Waals surface area contributed by atoms with E-state index in [1.807, 2.05) is 0 Å². The Morgan fingerprint density at radius 1 is 1.10 bits per heavy atom. The van der Waals surface area contributed by atoms with Gasteiger partial charge in [-0.15, -0.1) is 0 Å². The van der Waals surface area contributed by atoms with Crippen molar-refractivity contribution in [2.45, 2.75) is 53.9 Å². The van der Waals surface area contributed by atoms with E-state index in [4.69, 9.17) is 5.11 Å². The van der Waals surface area contributed by atoms with Crippen LogP contribution in [0.2, 0.25) is 0 Å². The fourth-order valence-electron chi connectivity index (χ4n) is 1.90. The number of rotatable bonds is 8. The van der Waals surface area contributed by atoms with Crippen molar-refractivity contribution in [3.63, 3.8) is 0 Å². The number of hydrogen-bond acceptors (Lipinski definition) is 2. The topological polar surface area (TPSA) is 78.4 Å². The molecule has 0 rings (SSSR count). The van der Waals surface area contributed by atoms with E-state index in [1.165, 1.54) is 0 Å². The summed E-state index contributed by atoms with van der Waals surface area (Å²) in [6, 6.07) is -0.152. The lowest BCUT2D eigenvalue weighted by Crippen LogP contribution is -2.40. The molecule has 0 radical (unpaired) electrons. The second-order valence-electron chi connectivity index (χ2n) is 6.90. The molecule has 2 amide bonds. The molecule has 0 saturated carbocycles. The van der Waals surface area contributed by atoms with Gasteiger partial charge in [0.25, 0.3) is 0 Å². The molecule has 0 heterocycles. The Morgan fingerprint density at radius 2 is 1.70 bits per heavy atom. The number of aliphatic carboxylic acids is 1. The van der Waals surface area contributed by atoms with E-state index in [0.717, 1.165) is 6.42 Å². The lowest BCUT2D eigenvalue weighted by atomic mass is 9.88. The van der Waals surface area contributed by atoms with Gasteiger partial charge in [0.1, 0.15) is 0 Å². The number of carboxylic acid groups (broad SMARTS) is 1. The summed E-state index contributed by atoms with van der Waals surface area (Å²) in [5, 5.41) is 14.4. The van der Waals surface area contributed by atoms with Crippen molar-refractivity contribution < 1.29 is 14.7 Å². The highest BCUT2D eigenvalue weighted by Gasteiger charge is 2.16. The molecule has 0 saturated heterocycles. The van der Waals surface area contributed by atoms with Crippen molar-refractivity contribution in [3.8, 4) is 0 Å². The molecule has 0 aromatic rings. The Hall–Kier alpha value is -1.26. The molecule has 0 fully saturated rings. The van der Waals surface area contributed by atoms with Crippen molar-refractivity contribution in [1.82, 2.24) is 10.6 Å². The third kappa shape index (κ3) is 10.6. The number of carbonyl (C=O) groups excluding carboxylic acids is 1. The van der Waals surface area contributed by atoms with Crippen molar-refractivity contribution in [2.75, 3.05) is 13.1 Å². The summed E-state index contributed by atoms with van der Waals surface area (Å²) in [5.74, 6) is -0.00525. The van der Waals surface area contributed by atoms with Crippen LogP contribution >= 0.6 is 0 Å². The summed E-state index contributed by atoms with van der Waals surface area (Å²) in [7, 11) is 0. The van der Waals surface area contributed by atoms with Gasteiger partial charge in [-0.1, -0.05) is 34.6 Å². The maximum atomic E-state index is 11.6. The van der Waals surface area contributed by atoms with Crippen LogP contribution in [0.25, 0.3) is 0 Å². The Bertz CT molecular complexity index is 309. The zero-order valence-corrected chi connectivity index (χ0v) is 13.5. The number of carbonyl (C=O) groups is 2. The quantitative estimate of drug-likeness (QED) is 0.642. The first-order chi connectivity index (χ1) is 9.11. The normalized spacial score (nSPS) is 13.1. The smallest absolute Gasteiger partial charge is 0.314 e. The van der Waals surface area contributed by atoms with Crippen LogP contribution in [0.15, 0.2) is 0 Å². The summed E-state index contributed by atoms with van der Waals surface area (Å²) in [6.07, 6.45) is 1.67.